The molecule has 0 fully saturated rings. The highest BCUT2D eigenvalue weighted by molar-refractivity contribution is 5.50. The minimum Gasteiger partial charge on any atom is -0.353 e. The van der Waals surface area contributed by atoms with E-state index in [4.69, 9.17) is 9.47 Å². The van der Waals surface area contributed by atoms with Crippen molar-refractivity contribution in [1.82, 2.24) is 0 Å². The van der Waals surface area contributed by atoms with Crippen molar-refractivity contribution < 1.29 is 14.3 Å². The molecule has 0 aromatic heterocycles. The molecule has 0 aliphatic rings. The van der Waals surface area contributed by atoms with Gasteiger partial charge < -0.3 is 14.3 Å². The quantitative estimate of drug-likeness (QED) is 0.221. The zero-order valence-corrected chi connectivity index (χ0v) is 14.5. The zero-order valence-electron chi connectivity index (χ0n) is 14.5. The molecule has 0 N–H and O–H groups in total. The van der Waals surface area contributed by atoms with E-state index in [9.17, 15) is 4.79 Å². The third-order valence-electron chi connectivity index (χ3n) is 4.30. The van der Waals surface area contributed by atoms with Crippen LogP contribution in [-0.4, -0.2) is 26.3 Å². The first-order valence-electron chi connectivity index (χ1n) is 8.78. The van der Waals surface area contributed by atoms with E-state index in [-0.39, 0.29) is 0 Å². The molecule has 0 atom stereocenters. The van der Waals surface area contributed by atoms with Gasteiger partial charge in [0.1, 0.15) is 6.29 Å². The smallest absolute Gasteiger partial charge is 0.174 e. The van der Waals surface area contributed by atoms with Crippen LogP contribution in [0.15, 0.2) is 0 Å². The van der Waals surface area contributed by atoms with Gasteiger partial charge in [-0.15, -0.1) is 0 Å². The van der Waals surface area contributed by atoms with E-state index >= 15 is 0 Å². The Morgan fingerprint density at radius 3 is 1.57 bits per heavy atom. The molecule has 0 amide bonds. The van der Waals surface area contributed by atoms with Crippen LogP contribution in [0.3, 0.4) is 0 Å². The van der Waals surface area contributed by atoms with Gasteiger partial charge >= 0.3 is 0 Å². The second-order valence-electron chi connectivity index (χ2n) is 5.98. The average Bonchev–Trinajstić information content (AvgIpc) is 2.51. The number of carbonyl (C=O) groups excluding carboxylic acids is 1. The molecule has 0 spiro atoms. The van der Waals surface area contributed by atoms with Crippen LogP contribution in [0.4, 0.5) is 0 Å². The normalized spacial score (nSPS) is 11.8. The molecule has 126 valence electrons. The number of hydrogen-bond acceptors (Lipinski definition) is 3. The summed E-state index contributed by atoms with van der Waals surface area (Å²) >= 11 is 0. The molecule has 3 heteroatoms. The summed E-state index contributed by atoms with van der Waals surface area (Å²) in [7, 11) is 3.23. The van der Waals surface area contributed by atoms with E-state index in [1.54, 1.807) is 14.2 Å². The maximum absolute atomic E-state index is 10.7. The molecule has 0 rings (SSSR count). The summed E-state index contributed by atoms with van der Waals surface area (Å²) in [4.78, 5) is 10.7. The lowest BCUT2D eigenvalue weighted by atomic mass is 10.0. The van der Waals surface area contributed by atoms with Crippen molar-refractivity contribution in [3.63, 3.8) is 0 Å². The molecular formula is C18H36O3. The Labute approximate surface area is 131 Å². The Morgan fingerprint density at radius 2 is 1.19 bits per heavy atom. The largest absolute Gasteiger partial charge is 0.353 e. The van der Waals surface area contributed by atoms with Gasteiger partial charge in [-0.05, 0) is 6.42 Å². The van der Waals surface area contributed by atoms with Gasteiger partial charge in [-0.3, -0.25) is 0 Å². The molecule has 3 nitrogen and oxygen atoms in total. The fourth-order valence-electron chi connectivity index (χ4n) is 2.74. The summed E-state index contributed by atoms with van der Waals surface area (Å²) in [6, 6.07) is 0. The summed E-state index contributed by atoms with van der Waals surface area (Å²) in [6.07, 6.45) is 16.5. The Hall–Kier alpha value is -0.410. The zero-order chi connectivity index (χ0) is 15.8. The van der Waals surface area contributed by atoms with Crippen LogP contribution in [-0.2, 0) is 14.3 Å². The first kappa shape index (κ1) is 20.6. The number of hydrogen-bond donors (Lipinski definition) is 0. The Kier molecular flexibility index (Phi) is 14.2. The van der Waals surface area contributed by atoms with Gasteiger partial charge in [0.2, 0.25) is 0 Å². The Balaban J connectivity index is 3.44. The van der Waals surface area contributed by atoms with Crippen molar-refractivity contribution in [2.45, 2.75) is 96.2 Å². The standard InChI is InChI=1S/C18H36O3/c1-4-5-6-7-8-9-10-11-12-13-14-15-18(20-2,21-3)16-17-19/h17H,4-16H2,1-3H3. The lowest BCUT2D eigenvalue weighted by molar-refractivity contribution is -0.211. The van der Waals surface area contributed by atoms with Crippen LogP contribution >= 0.6 is 0 Å². The van der Waals surface area contributed by atoms with Crippen molar-refractivity contribution in [2.24, 2.45) is 0 Å². The SMILES string of the molecule is CCCCCCCCCCCCCC(CC=O)(OC)OC. The molecule has 0 unspecified atom stereocenters. The highest BCUT2D eigenvalue weighted by Gasteiger charge is 2.28. The molecule has 0 bridgehead atoms. The van der Waals surface area contributed by atoms with Crippen LogP contribution in [0.2, 0.25) is 0 Å². The van der Waals surface area contributed by atoms with E-state index in [1.807, 2.05) is 0 Å². The molecule has 0 saturated carbocycles. The second kappa shape index (κ2) is 14.5. The van der Waals surface area contributed by atoms with Crippen LogP contribution in [0.1, 0.15) is 90.4 Å². The molecular weight excluding hydrogens is 264 g/mol. The Bertz CT molecular complexity index is 225. The summed E-state index contributed by atoms with van der Waals surface area (Å²) in [5.41, 5.74) is 0. The summed E-state index contributed by atoms with van der Waals surface area (Å²) < 4.78 is 10.7. The lowest BCUT2D eigenvalue weighted by Gasteiger charge is -2.29. The Morgan fingerprint density at radius 1 is 0.762 bits per heavy atom. The highest BCUT2D eigenvalue weighted by Crippen LogP contribution is 2.23. The molecule has 0 radical (unpaired) electrons. The first-order chi connectivity index (χ1) is 10.2. The number of unbranched alkanes of at least 4 members (excludes halogenated alkanes) is 10. The van der Waals surface area contributed by atoms with Crippen molar-refractivity contribution in [1.29, 1.82) is 0 Å². The number of rotatable bonds is 16. The second-order valence-corrected chi connectivity index (χ2v) is 5.98. The maximum atomic E-state index is 10.7. The third kappa shape index (κ3) is 10.9. The minimum atomic E-state index is -0.693. The van der Waals surface area contributed by atoms with Crippen LogP contribution < -0.4 is 0 Å². The number of carbonyl (C=O) groups is 1. The van der Waals surface area contributed by atoms with Gasteiger partial charge in [0.15, 0.2) is 5.79 Å². The van der Waals surface area contributed by atoms with Crippen LogP contribution in [0.5, 0.6) is 0 Å². The van der Waals surface area contributed by atoms with Crippen molar-refractivity contribution >= 4 is 6.29 Å². The fraction of sp³-hybridized carbons (Fsp3) is 0.944. The summed E-state index contributed by atoms with van der Waals surface area (Å²) in [5.74, 6) is -0.693. The monoisotopic (exact) mass is 300 g/mol. The van der Waals surface area contributed by atoms with Crippen molar-refractivity contribution in [3.8, 4) is 0 Å². The summed E-state index contributed by atoms with van der Waals surface area (Å²) in [5, 5.41) is 0. The predicted octanol–water partition coefficient (Wildman–Crippen LogP) is 5.27. The van der Waals surface area contributed by atoms with Gasteiger partial charge in [0, 0.05) is 20.6 Å². The maximum Gasteiger partial charge on any atom is 0.174 e. The van der Waals surface area contributed by atoms with Crippen LogP contribution in [0, 0.1) is 0 Å². The predicted molar refractivity (Wildman–Crippen MR) is 88.5 cm³/mol. The molecule has 0 saturated heterocycles. The van der Waals surface area contributed by atoms with Crippen LogP contribution in [0.25, 0.3) is 0 Å². The molecule has 0 aliphatic carbocycles. The van der Waals surface area contributed by atoms with E-state index in [0.717, 1.165) is 19.1 Å². The van der Waals surface area contributed by atoms with E-state index < -0.39 is 5.79 Å². The topological polar surface area (TPSA) is 35.5 Å². The highest BCUT2D eigenvalue weighted by atomic mass is 16.7. The van der Waals surface area contributed by atoms with Gasteiger partial charge in [0.05, 0.1) is 6.42 Å². The number of aldehydes is 1. The molecule has 0 aromatic carbocycles. The minimum absolute atomic E-state index is 0.317. The van der Waals surface area contributed by atoms with Crippen molar-refractivity contribution in [2.75, 3.05) is 14.2 Å². The summed E-state index contributed by atoms with van der Waals surface area (Å²) in [6.45, 7) is 2.26. The van der Waals surface area contributed by atoms with E-state index in [1.165, 1.54) is 64.2 Å². The molecule has 0 heterocycles. The van der Waals surface area contributed by atoms with Gasteiger partial charge in [0.25, 0.3) is 0 Å². The van der Waals surface area contributed by atoms with Gasteiger partial charge in [-0.2, -0.15) is 0 Å². The molecule has 0 aromatic rings. The van der Waals surface area contributed by atoms with E-state index in [0.29, 0.717) is 6.42 Å². The third-order valence-corrected chi connectivity index (χ3v) is 4.30. The first-order valence-corrected chi connectivity index (χ1v) is 8.78. The lowest BCUT2D eigenvalue weighted by Crippen LogP contribution is -2.34. The molecule has 0 aliphatic heterocycles. The fourth-order valence-corrected chi connectivity index (χ4v) is 2.74. The van der Waals surface area contributed by atoms with Gasteiger partial charge in [-0.1, -0.05) is 71.1 Å². The van der Waals surface area contributed by atoms with Crippen molar-refractivity contribution in [3.05, 3.63) is 0 Å². The number of methoxy groups -OCH3 is 2. The number of ether oxygens (including phenoxy) is 2. The average molecular weight is 300 g/mol. The molecule has 21 heavy (non-hydrogen) atoms. The van der Waals surface area contributed by atoms with E-state index in [2.05, 4.69) is 6.92 Å². The van der Waals surface area contributed by atoms with Gasteiger partial charge in [-0.25, -0.2) is 0 Å².